The number of carbonyl (C=O) groups excluding carboxylic acids is 2. The summed E-state index contributed by atoms with van der Waals surface area (Å²) in [6.07, 6.45) is 0. The lowest BCUT2D eigenvalue weighted by Gasteiger charge is -2.26. The Morgan fingerprint density at radius 2 is 1.82 bits per heavy atom. The van der Waals surface area contributed by atoms with Crippen LogP contribution in [-0.4, -0.2) is 28.9 Å². The predicted molar refractivity (Wildman–Crippen MR) is 87.2 cm³/mol. The maximum Gasteiger partial charge on any atom is 0.258 e. The van der Waals surface area contributed by atoms with E-state index in [0.717, 1.165) is 32.5 Å². The van der Waals surface area contributed by atoms with Crippen LogP contribution in [0.5, 0.6) is 0 Å². The van der Waals surface area contributed by atoms with Gasteiger partial charge in [-0.15, -0.1) is 0 Å². The molecule has 0 N–H and O–H groups in total. The Kier molecular flexibility index (Phi) is 3.49. The van der Waals surface area contributed by atoms with Crippen LogP contribution in [0.3, 0.4) is 0 Å². The van der Waals surface area contributed by atoms with Gasteiger partial charge < -0.3 is 0 Å². The van der Waals surface area contributed by atoms with Crippen LogP contribution in [0.2, 0.25) is 0 Å². The Balaban J connectivity index is 2.32. The standard InChI is InChI=1S/C17H15ClN2O2/c1-9-4-6-11-7-5-10(2)13(12(11)8-9)14-15(21)16(18)19-20(3)17(14)22/h4-8,14H,1-3H3. The molecule has 4 nitrogen and oxygen atoms in total. The molecule has 1 amide bonds. The lowest BCUT2D eigenvalue weighted by molar-refractivity contribution is -0.136. The molecule has 0 saturated heterocycles. The first-order chi connectivity index (χ1) is 10.4. The number of Topliss-reactive ketones (excluding diaryl/α,β-unsaturated/α-hetero) is 1. The molecule has 2 aromatic carbocycles. The summed E-state index contributed by atoms with van der Waals surface area (Å²) in [7, 11) is 1.51. The van der Waals surface area contributed by atoms with Crippen LogP contribution in [0.4, 0.5) is 0 Å². The van der Waals surface area contributed by atoms with Gasteiger partial charge in [0.05, 0.1) is 0 Å². The summed E-state index contributed by atoms with van der Waals surface area (Å²) in [4.78, 5) is 25.0. The third-order valence-corrected chi connectivity index (χ3v) is 4.26. The highest BCUT2D eigenvalue weighted by Crippen LogP contribution is 2.33. The second-order valence-electron chi connectivity index (χ2n) is 5.57. The molecule has 0 aromatic heterocycles. The van der Waals surface area contributed by atoms with Gasteiger partial charge in [0.1, 0.15) is 5.92 Å². The summed E-state index contributed by atoms with van der Waals surface area (Å²) in [6.45, 7) is 3.88. The van der Waals surface area contributed by atoms with E-state index in [1.54, 1.807) is 0 Å². The highest BCUT2D eigenvalue weighted by atomic mass is 35.5. The number of benzene rings is 2. The van der Waals surface area contributed by atoms with Crippen molar-refractivity contribution in [3.05, 3.63) is 47.0 Å². The van der Waals surface area contributed by atoms with Gasteiger partial charge in [-0.1, -0.05) is 47.5 Å². The molecule has 22 heavy (non-hydrogen) atoms. The quantitative estimate of drug-likeness (QED) is 0.759. The van der Waals surface area contributed by atoms with Gasteiger partial charge in [-0.25, -0.2) is 5.01 Å². The van der Waals surface area contributed by atoms with Crippen LogP contribution in [-0.2, 0) is 9.59 Å². The van der Waals surface area contributed by atoms with Gasteiger partial charge in [0.15, 0.2) is 5.17 Å². The van der Waals surface area contributed by atoms with Crippen molar-refractivity contribution >= 4 is 39.2 Å². The van der Waals surface area contributed by atoms with Crippen LogP contribution in [0, 0.1) is 13.8 Å². The van der Waals surface area contributed by atoms with Gasteiger partial charge in [0.2, 0.25) is 5.78 Å². The van der Waals surface area contributed by atoms with Crippen LogP contribution in [0.15, 0.2) is 35.4 Å². The first kappa shape index (κ1) is 14.7. The first-order valence-electron chi connectivity index (χ1n) is 6.96. The van der Waals surface area contributed by atoms with Crippen molar-refractivity contribution in [1.82, 2.24) is 5.01 Å². The van der Waals surface area contributed by atoms with Crippen molar-refractivity contribution in [3.8, 4) is 0 Å². The SMILES string of the molecule is Cc1ccc2ccc(C)c(C3C(=O)C(Cl)=NN(C)C3=O)c2c1. The molecule has 1 atom stereocenters. The largest absolute Gasteiger partial charge is 0.290 e. The van der Waals surface area contributed by atoms with Crippen molar-refractivity contribution in [2.75, 3.05) is 7.05 Å². The van der Waals surface area contributed by atoms with Crippen LogP contribution >= 0.6 is 11.6 Å². The second-order valence-corrected chi connectivity index (χ2v) is 5.93. The van der Waals surface area contributed by atoms with Gasteiger partial charge in [0.25, 0.3) is 5.91 Å². The molecular formula is C17H15ClN2O2. The van der Waals surface area contributed by atoms with Crippen LogP contribution in [0.1, 0.15) is 22.6 Å². The van der Waals surface area contributed by atoms with Gasteiger partial charge in [0, 0.05) is 7.05 Å². The average Bonchev–Trinajstić information content (AvgIpc) is 2.47. The zero-order valence-electron chi connectivity index (χ0n) is 12.6. The number of amides is 1. The molecule has 112 valence electrons. The lowest BCUT2D eigenvalue weighted by Crippen LogP contribution is -2.40. The van der Waals surface area contributed by atoms with Crippen LogP contribution in [0.25, 0.3) is 10.8 Å². The molecule has 0 fully saturated rings. The minimum absolute atomic E-state index is 0.156. The summed E-state index contributed by atoms with van der Waals surface area (Å²) in [5.41, 5.74) is 2.68. The summed E-state index contributed by atoms with van der Waals surface area (Å²) >= 11 is 5.91. The van der Waals surface area contributed by atoms with Gasteiger partial charge in [-0.3, -0.25) is 9.59 Å². The Bertz CT molecular complexity index is 837. The fourth-order valence-electron chi connectivity index (χ4n) is 2.85. The molecule has 1 aliphatic heterocycles. The van der Waals surface area contributed by atoms with Crippen molar-refractivity contribution in [2.45, 2.75) is 19.8 Å². The normalized spacial score (nSPS) is 18.8. The van der Waals surface area contributed by atoms with Crippen LogP contribution < -0.4 is 0 Å². The van der Waals surface area contributed by atoms with Crippen molar-refractivity contribution in [3.63, 3.8) is 0 Å². The Morgan fingerprint density at radius 3 is 2.55 bits per heavy atom. The average molecular weight is 315 g/mol. The fourth-order valence-corrected chi connectivity index (χ4v) is 3.07. The van der Waals surface area contributed by atoms with Crippen molar-refractivity contribution in [1.29, 1.82) is 0 Å². The number of aryl methyl sites for hydroxylation is 2. The third-order valence-electron chi connectivity index (χ3n) is 3.99. The van der Waals surface area contributed by atoms with E-state index in [4.69, 9.17) is 11.6 Å². The predicted octanol–water partition coefficient (Wildman–Crippen LogP) is 3.13. The Hall–Kier alpha value is -2.20. The first-order valence-corrected chi connectivity index (χ1v) is 7.33. The molecule has 1 unspecified atom stereocenters. The summed E-state index contributed by atoms with van der Waals surface area (Å²) in [6, 6.07) is 9.91. The van der Waals surface area contributed by atoms with E-state index >= 15 is 0 Å². The smallest absolute Gasteiger partial charge is 0.258 e. The number of hydrogen-bond donors (Lipinski definition) is 0. The second kappa shape index (κ2) is 5.21. The third kappa shape index (κ3) is 2.20. The van der Waals surface area contributed by atoms with E-state index in [-0.39, 0.29) is 11.1 Å². The van der Waals surface area contributed by atoms with Gasteiger partial charge in [-0.2, -0.15) is 5.10 Å². The molecule has 2 aromatic rings. The van der Waals surface area contributed by atoms with E-state index in [9.17, 15) is 9.59 Å². The summed E-state index contributed by atoms with van der Waals surface area (Å²) in [5.74, 6) is -1.73. The molecule has 0 radical (unpaired) electrons. The minimum atomic E-state index is -0.930. The number of hydrazone groups is 1. The van der Waals surface area contributed by atoms with Crippen molar-refractivity contribution < 1.29 is 9.59 Å². The van der Waals surface area contributed by atoms with E-state index in [1.807, 2.05) is 44.2 Å². The molecule has 3 rings (SSSR count). The Labute approximate surface area is 133 Å². The van der Waals surface area contributed by atoms with Gasteiger partial charge >= 0.3 is 0 Å². The topological polar surface area (TPSA) is 49.7 Å². The minimum Gasteiger partial charge on any atom is -0.290 e. The van der Waals surface area contributed by atoms with E-state index in [0.29, 0.717) is 0 Å². The zero-order chi connectivity index (χ0) is 16.0. The lowest BCUT2D eigenvalue weighted by atomic mass is 9.85. The fraction of sp³-hybridized carbons (Fsp3) is 0.235. The van der Waals surface area contributed by atoms with E-state index < -0.39 is 11.7 Å². The summed E-state index contributed by atoms with van der Waals surface area (Å²) < 4.78 is 0. The molecule has 1 aliphatic rings. The number of hydrogen-bond acceptors (Lipinski definition) is 3. The molecule has 0 spiro atoms. The Morgan fingerprint density at radius 1 is 1.14 bits per heavy atom. The monoisotopic (exact) mass is 314 g/mol. The molecule has 1 heterocycles. The number of fused-ring (bicyclic) bond motifs is 1. The number of halogens is 1. The van der Waals surface area contributed by atoms with Gasteiger partial charge in [-0.05, 0) is 35.7 Å². The van der Waals surface area contributed by atoms with Crippen molar-refractivity contribution in [2.24, 2.45) is 5.10 Å². The number of ketones is 1. The highest BCUT2D eigenvalue weighted by Gasteiger charge is 2.39. The molecule has 0 aliphatic carbocycles. The maximum atomic E-state index is 12.5. The zero-order valence-corrected chi connectivity index (χ0v) is 13.3. The number of likely N-dealkylation sites (N-methyl/N-ethyl adjacent to an activating group) is 1. The molecule has 5 heteroatoms. The number of carbonyl (C=O) groups is 2. The highest BCUT2D eigenvalue weighted by molar-refractivity contribution is 6.84. The molecule has 0 bridgehead atoms. The van der Waals surface area contributed by atoms with E-state index in [1.165, 1.54) is 7.05 Å². The number of rotatable bonds is 1. The molecule has 0 saturated carbocycles. The maximum absolute atomic E-state index is 12.5. The molecular weight excluding hydrogens is 300 g/mol. The van der Waals surface area contributed by atoms with E-state index in [2.05, 4.69) is 5.10 Å². The summed E-state index contributed by atoms with van der Waals surface area (Å²) in [5, 5.41) is 6.65. The number of nitrogens with zero attached hydrogens (tertiary/aromatic N) is 2.